The van der Waals surface area contributed by atoms with Crippen LogP contribution in [0.2, 0.25) is 0 Å². The van der Waals surface area contributed by atoms with E-state index in [1.165, 1.54) is 31.2 Å². The first kappa shape index (κ1) is 14.4. The molecule has 0 aromatic heterocycles. The van der Waals surface area contributed by atoms with E-state index in [1.54, 1.807) is 0 Å². The Morgan fingerprint density at radius 3 is 3.00 bits per heavy atom. The average molecular weight is 284 g/mol. The zero-order valence-corrected chi connectivity index (χ0v) is 12.7. The van der Waals surface area contributed by atoms with Crippen LogP contribution in [0, 0.1) is 29.1 Å². The molecule has 3 nitrogen and oxygen atoms in total. The van der Waals surface area contributed by atoms with E-state index in [0.717, 1.165) is 30.0 Å². The molecule has 2 aliphatic carbocycles. The molecule has 1 N–H and O–H groups in total. The van der Waals surface area contributed by atoms with Gasteiger partial charge in [-0.05, 0) is 61.6 Å². The first-order chi connectivity index (χ1) is 10.3. The average Bonchev–Trinajstić information content (AvgIpc) is 3.14. The van der Waals surface area contributed by atoms with Gasteiger partial charge in [-0.2, -0.15) is 5.26 Å². The molecule has 0 spiro atoms. The van der Waals surface area contributed by atoms with Crippen LogP contribution in [0.5, 0.6) is 5.75 Å². The second kappa shape index (κ2) is 6.49. The molecule has 3 rings (SSSR count). The first-order valence-electron chi connectivity index (χ1n) is 8.08. The standard InChI is InChI=1S/C18H24N2O/c1-13(18-11-14-5-6-16(18)9-14)20-12-15-3-2-4-17(10-15)21-8-7-19/h2-4,10,13-14,16,18,20H,5-6,8-9,11-12H2,1H3. The molecule has 112 valence electrons. The molecule has 1 aromatic carbocycles. The number of rotatable bonds is 6. The van der Waals surface area contributed by atoms with E-state index in [1.807, 2.05) is 24.3 Å². The topological polar surface area (TPSA) is 45.0 Å². The zero-order valence-electron chi connectivity index (χ0n) is 12.7. The van der Waals surface area contributed by atoms with Gasteiger partial charge in [-0.1, -0.05) is 18.6 Å². The molecule has 0 amide bonds. The van der Waals surface area contributed by atoms with Crippen LogP contribution in [0.3, 0.4) is 0 Å². The number of nitriles is 1. The van der Waals surface area contributed by atoms with E-state index >= 15 is 0 Å². The van der Waals surface area contributed by atoms with Crippen molar-refractivity contribution in [3.05, 3.63) is 29.8 Å². The number of nitrogens with zero attached hydrogens (tertiary/aromatic N) is 1. The van der Waals surface area contributed by atoms with Gasteiger partial charge in [0.1, 0.15) is 11.8 Å². The third-order valence-electron chi connectivity index (χ3n) is 5.27. The van der Waals surface area contributed by atoms with Gasteiger partial charge in [0.25, 0.3) is 0 Å². The van der Waals surface area contributed by atoms with Crippen LogP contribution in [0.25, 0.3) is 0 Å². The van der Waals surface area contributed by atoms with Gasteiger partial charge in [0, 0.05) is 12.6 Å². The van der Waals surface area contributed by atoms with Crippen molar-refractivity contribution in [3.8, 4) is 11.8 Å². The smallest absolute Gasteiger partial charge is 0.174 e. The van der Waals surface area contributed by atoms with Crippen molar-refractivity contribution >= 4 is 0 Å². The number of benzene rings is 1. The molecular weight excluding hydrogens is 260 g/mol. The molecule has 2 fully saturated rings. The second-order valence-corrected chi connectivity index (χ2v) is 6.60. The molecule has 0 saturated heterocycles. The Kier molecular flexibility index (Phi) is 4.45. The summed E-state index contributed by atoms with van der Waals surface area (Å²) in [6.45, 7) is 3.32. The highest BCUT2D eigenvalue weighted by molar-refractivity contribution is 5.28. The third kappa shape index (κ3) is 3.39. The Balaban J connectivity index is 1.51. The fourth-order valence-electron chi connectivity index (χ4n) is 4.20. The number of hydrogen-bond donors (Lipinski definition) is 1. The van der Waals surface area contributed by atoms with Crippen molar-refractivity contribution < 1.29 is 4.74 Å². The molecule has 2 aliphatic rings. The molecule has 1 aromatic rings. The summed E-state index contributed by atoms with van der Waals surface area (Å²) in [5, 5.41) is 12.2. The van der Waals surface area contributed by atoms with Gasteiger partial charge >= 0.3 is 0 Å². The molecule has 0 heterocycles. The van der Waals surface area contributed by atoms with Crippen molar-refractivity contribution in [2.45, 2.75) is 45.2 Å². The largest absolute Gasteiger partial charge is 0.479 e. The van der Waals surface area contributed by atoms with Crippen molar-refractivity contribution in [3.63, 3.8) is 0 Å². The molecule has 2 saturated carbocycles. The molecule has 3 heteroatoms. The van der Waals surface area contributed by atoms with Crippen molar-refractivity contribution in [2.24, 2.45) is 17.8 Å². The molecule has 0 aliphatic heterocycles. The SMILES string of the molecule is CC(NCc1cccc(OCC#N)c1)C1CC2CCC1C2. The summed E-state index contributed by atoms with van der Waals surface area (Å²) in [7, 11) is 0. The van der Waals surface area contributed by atoms with E-state index in [-0.39, 0.29) is 6.61 Å². The third-order valence-corrected chi connectivity index (χ3v) is 5.27. The summed E-state index contributed by atoms with van der Waals surface area (Å²) in [5.74, 6) is 3.61. The lowest BCUT2D eigenvalue weighted by molar-refractivity contribution is 0.259. The lowest BCUT2D eigenvalue weighted by Crippen LogP contribution is -2.35. The van der Waals surface area contributed by atoms with Gasteiger partial charge < -0.3 is 10.1 Å². The Morgan fingerprint density at radius 1 is 1.38 bits per heavy atom. The summed E-state index contributed by atoms with van der Waals surface area (Å²) in [4.78, 5) is 0. The van der Waals surface area contributed by atoms with Gasteiger partial charge in [0.15, 0.2) is 6.61 Å². The van der Waals surface area contributed by atoms with Gasteiger partial charge in [-0.25, -0.2) is 0 Å². The van der Waals surface area contributed by atoms with Gasteiger partial charge in [-0.15, -0.1) is 0 Å². The minimum absolute atomic E-state index is 0.110. The Labute approximate surface area is 127 Å². The lowest BCUT2D eigenvalue weighted by atomic mass is 9.84. The maximum absolute atomic E-state index is 8.56. The summed E-state index contributed by atoms with van der Waals surface area (Å²) in [5.41, 5.74) is 1.22. The van der Waals surface area contributed by atoms with Gasteiger partial charge in [-0.3, -0.25) is 0 Å². The fourth-order valence-corrected chi connectivity index (χ4v) is 4.20. The molecule has 0 radical (unpaired) electrons. The normalized spacial score (nSPS) is 28.3. The van der Waals surface area contributed by atoms with Crippen molar-refractivity contribution in [1.29, 1.82) is 5.26 Å². The van der Waals surface area contributed by atoms with Crippen molar-refractivity contribution in [2.75, 3.05) is 6.61 Å². The van der Waals surface area contributed by atoms with E-state index in [2.05, 4.69) is 18.3 Å². The molecule has 4 unspecified atom stereocenters. The predicted molar refractivity (Wildman–Crippen MR) is 82.8 cm³/mol. The molecule has 2 bridgehead atoms. The van der Waals surface area contributed by atoms with Crippen molar-refractivity contribution in [1.82, 2.24) is 5.32 Å². The number of nitrogens with one attached hydrogen (secondary N) is 1. The zero-order chi connectivity index (χ0) is 14.7. The number of fused-ring (bicyclic) bond motifs is 2. The van der Waals surface area contributed by atoms with Gasteiger partial charge in [0.2, 0.25) is 0 Å². The first-order valence-corrected chi connectivity index (χ1v) is 8.08. The Morgan fingerprint density at radius 2 is 2.29 bits per heavy atom. The summed E-state index contributed by atoms with van der Waals surface area (Å²) < 4.78 is 5.35. The van der Waals surface area contributed by atoms with Crippen LogP contribution in [0.15, 0.2) is 24.3 Å². The monoisotopic (exact) mass is 284 g/mol. The van der Waals surface area contributed by atoms with E-state index in [0.29, 0.717) is 6.04 Å². The van der Waals surface area contributed by atoms with Crippen LogP contribution in [-0.2, 0) is 6.54 Å². The minimum atomic E-state index is 0.110. The molecular formula is C18H24N2O. The quantitative estimate of drug-likeness (QED) is 0.869. The van der Waals surface area contributed by atoms with E-state index in [9.17, 15) is 0 Å². The molecule has 21 heavy (non-hydrogen) atoms. The van der Waals surface area contributed by atoms with E-state index < -0.39 is 0 Å². The Hall–Kier alpha value is -1.53. The summed E-state index contributed by atoms with van der Waals surface area (Å²) >= 11 is 0. The highest BCUT2D eigenvalue weighted by Gasteiger charge is 2.41. The Bertz CT molecular complexity index is 522. The minimum Gasteiger partial charge on any atom is -0.479 e. The summed E-state index contributed by atoms with van der Waals surface area (Å²) in [6.07, 6.45) is 5.79. The lowest BCUT2D eigenvalue weighted by Gasteiger charge is -2.28. The van der Waals surface area contributed by atoms with Crippen LogP contribution in [0.1, 0.15) is 38.2 Å². The second-order valence-electron chi connectivity index (χ2n) is 6.60. The highest BCUT2D eigenvalue weighted by atomic mass is 16.5. The number of ether oxygens (including phenoxy) is 1. The fraction of sp³-hybridized carbons (Fsp3) is 0.611. The summed E-state index contributed by atoms with van der Waals surface area (Å²) in [6, 6.07) is 10.6. The van der Waals surface area contributed by atoms with Crippen LogP contribution >= 0.6 is 0 Å². The van der Waals surface area contributed by atoms with Gasteiger partial charge in [0.05, 0.1) is 0 Å². The van der Waals surface area contributed by atoms with Crippen LogP contribution in [0.4, 0.5) is 0 Å². The van der Waals surface area contributed by atoms with Crippen LogP contribution < -0.4 is 10.1 Å². The maximum Gasteiger partial charge on any atom is 0.174 e. The molecule has 4 atom stereocenters. The predicted octanol–water partition coefficient (Wildman–Crippen LogP) is 3.50. The van der Waals surface area contributed by atoms with E-state index in [4.69, 9.17) is 10.00 Å². The maximum atomic E-state index is 8.56. The highest BCUT2D eigenvalue weighted by Crippen LogP contribution is 2.49. The van der Waals surface area contributed by atoms with Crippen LogP contribution in [-0.4, -0.2) is 12.6 Å². The number of hydrogen-bond acceptors (Lipinski definition) is 3.